The smallest absolute Gasteiger partial charge is 0.463 e. The second-order valence-corrected chi connectivity index (χ2v) is 28.3. The van der Waals surface area contributed by atoms with E-state index < -0.39 is 91.5 Å². The van der Waals surface area contributed by atoms with Gasteiger partial charge in [0.2, 0.25) is 0 Å². The fraction of sp³-hybridized carbons (Fsp3) is 0.691. The van der Waals surface area contributed by atoms with Gasteiger partial charge in [0.25, 0.3) is 0 Å². The molecule has 5 atom stereocenters. The summed E-state index contributed by atoms with van der Waals surface area (Å²) in [5, 5.41) is 20.6. The van der Waals surface area contributed by atoms with Gasteiger partial charge in [-0.3, -0.25) is 32.5 Å². The van der Waals surface area contributed by atoms with E-state index in [0.29, 0.717) is 19.3 Å². The van der Waals surface area contributed by atoms with Crippen LogP contribution in [0, 0.1) is 0 Å². The molecule has 0 spiro atoms. The number of hydrogen-bond acceptors (Lipinski definition) is 14. The molecule has 0 amide bonds. The fourth-order valence-electron chi connectivity index (χ4n) is 10.1. The van der Waals surface area contributed by atoms with E-state index in [1.54, 1.807) is 0 Å². The Kier molecular flexibility index (Phi) is 70.2. The summed E-state index contributed by atoms with van der Waals surface area (Å²) in [5.74, 6) is -1.59. The molecule has 0 radical (unpaired) electrons. The van der Waals surface area contributed by atoms with E-state index in [-0.39, 0.29) is 19.3 Å². The van der Waals surface area contributed by atoms with Gasteiger partial charge >= 0.3 is 33.6 Å². The van der Waals surface area contributed by atoms with Crippen molar-refractivity contribution in [3.8, 4) is 0 Å². The van der Waals surface area contributed by atoms with Crippen LogP contribution in [-0.4, -0.2) is 95.9 Å². The van der Waals surface area contributed by atoms with Crippen LogP contribution in [0.3, 0.4) is 0 Å². The van der Waals surface area contributed by atoms with Crippen LogP contribution in [-0.2, 0) is 55.8 Å². The lowest BCUT2D eigenvalue weighted by molar-refractivity contribution is -0.161. The zero-order valence-electron chi connectivity index (χ0n) is 61.9. The number of hydrogen-bond donors (Lipinski definition) is 4. The first kappa shape index (κ1) is 94.7. The Bertz CT molecular complexity index is 2330. The number of allylic oxidation sites excluding steroid dienone is 22. The van der Waals surface area contributed by atoms with Gasteiger partial charge in [-0.05, 0) is 116 Å². The monoisotopic (exact) mass is 1430 g/mol. The van der Waals surface area contributed by atoms with Gasteiger partial charge in [0.1, 0.15) is 25.4 Å². The molecule has 4 N–H and O–H groups in total. The summed E-state index contributed by atoms with van der Waals surface area (Å²) >= 11 is 0. The van der Waals surface area contributed by atoms with Crippen LogP contribution >= 0.6 is 15.6 Å². The van der Waals surface area contributed by atoms with Crippen LogP contribution in [0.25, 0.3) is 0 Å². The molecular weight excluding hydrogens is 1290 g/mol. The third-order valence-electron chi connectivity index (χ3n) is 15.9. The maximum atomic E-state index is 12.9. The Hall–Kier alpha value is -4.31. The van der Waals surface area contributed by atoms with Crippen molar-refractivity contribution < 1.29 is 75.8 Å². The topological polar surface area (TPSA) is 231 Å². The van der Waals surface area contributed by atoms with Crippen molar-refractivity contribution in [2.24, 2.45) is 0 Å². The van der Waals surface area contributed by atoms with Gasteiger partial charge in [-0.25, -0.2) is 9.13 Å². The van der Waals surface area contributed by atoms with Gasteiger partial charge in [-0.15, -0.1) is 0 Å². The van der Waals surface area contributed by atoms with Crippen LogP contribution in [0.4, 0.5) is 0 Å². The Morgan fingerprint density at radius 1 is 0.293 bits per heavy atom. The maximum Gasteiger partial charge on any atom is 0.472 e. The van der Waals surface area contributed by atoms with Gasteiger partial charge < -0.3 is 34.2 Å². The van der Waals surface area contributed by atoms with E-state index in [2.05, 4.69) is 154 Å². The van der Waals surface area contributed by atoms with Crippen LogP contribution < -0.4 is 0 Å². The summed E-state index contributed by atoms with van der Waals surface area (Å²) in [6, 6.07) is 0. The van der Waals surface area contributed by atoms with E-state index in [1.807, 2.05) is 0 Å². The van der Waals surface area contributed by atoms with Gasteiger partial charge in [-0.1, -0.05) is 302 Å². The summed E-state index contributed by atoms with van der Waals surface area (Å²) in [6.45, 7) is 2.43. The van der Waals surface area contributed by atoms with Gasteiger partial charge in [-0.2, -0.15) is 0 Å². The predicted octanol–water partition coefficient (Wildman–Crippen LogP) is 22.3. The van der Waals surface area contributed by atoms with Crippen molar-refractivity contribution in [1.82, 2.24) is 0 Å². The van der Waals surface area contributed by atoms with E-state index >= 15 is 0 Å². The van der Waals surface area contributed by atoms with E-state index in [4.69, 9.17) is 32.3 Å². The lowest BCUT2D eigenvalue weighted by atomic mass is 10.1. The quantitative estimate of drug-likeness (QED) is 0.0146. The Labute approximate surface area is 601 Å². The first-order valence-electron chi connectivity index (χ1n) is 38.5. The van der Waals surface area contributed by atoms with Crippen molar-refractivity contribution in [2.45, 2.75) is 322 Å². The highest BCUT2D eigenvalue weighted by Crippen LogP contribution is 2.45. The molecule has 0 aromatic rings. The number of esters is 3. The molecule has 0 fully saturated rings. The maximum absolute atomic E-state index is 12.9. The molecule has 18 heteroatoms. The van der Waals surface area contributed by atoms with Crippen LogP contribution in [0.1, 0.15) is 303 Å². The summed E-state index contributed by atoms with van der Waals surface area (Å²) in [5.41, 5.74) is 0. The first-order chi connectivity index (χ1) is 48.2. The molecule has 5 unspecified atom stereocenters. The SMILES string of the molecule is CC/C=C\C/C=C\C/C=C\C/C=C\C/C=C\C/C=C\CCCCCCCCCCC(=O)OCC(O)COP(=O)(O)OCC(O)COP(=O)(O)OCC(COC(=O)CCCCCCCCCCC/C=C\C/C=C\C/C=C\C/C=C\C/C=C\CC)OC(=O)CCCCCCCCCCCCC. The van der Waals surface area contributed by atoms with Crippen molar-refractivity contribution in [3.63, 3.8) is 0 Å². The van der Waals surface area contributed by atoms with Gasteiger partial charge in [0, 0.05) is 19.3 Å². The van der Waals surface area contributed by atoms with Crippen molar-refractivity contribution in [1.29, 1.82) is 0 Å². The number of phosphoric ester groups is 2. The van der Waals surface area contributed by atoms with E-state index in [1.165, 1.54) is 83.5 Å². The second-order valence-electron chi connectivity index (χ2n) is 25.4. The molecule has 0 rings (SSSR count). The summed E-state index contributed by atoms with van der Waals surface area (Å²) in [4.78, 5) is 58.5. The number of unbranched alkanes of at least 4 members (excludes halogenated alkanes) is 27. The molecule has 0 heterocycles. The average molecular weight is 1430 g/mol. The Balaban J connectivity index is 4.50. The van der Waals surface area contributed by atoms with Crippen molar-refractivity contribution in [2.75, 3.05) is 39.6 Å². The normalized spacial score (nSPS) is 14.8. The summed E-state index contributed by atoms with van der Waals surface area (Å²) in [7, 11) is -9.79. The van der Waals surface area contributed by atoms with Gasteiger partial charge in [0.05, 0.1) is 26.4 Å². The average Bonchev–Trinajstić information content (AvgIpc) is 1.26. The zero-order valence-corrected chi connectivity index (χ0v) is 63.7. The van der Waals surface area contributed by atoms with E-state index in [0.717, 1.165) is 161 Å². The first-order valence-corrected chi connectivity index (χ1v) is 41.5. The largest absolute Gasteiger partial charge is 0.472 e. The summed E-state index contributed by atoms with van der Waals surface area (Å²) < 4.78 is 61.0. The molecule has 0 saturated carbocycles. The Morgan fingerprint density at radius 2 is 0.535 bits per heavy atom. The van der Waals surface area contributed by atoms with Crippen molar-refractivity contribution >= 4 is 33.6 Å². The number of aliphatic hydroxyl groups is 2. The highest BCUT2D eigenvalue weighted by Gasteiger charge is 2.29. The number of carbonyl (C=O) groups is 3. The molecule has 0 aromatic heterocycles. The zero-order chi connectivity index (χ0) is 72.3. The standard InChI is InChI=1S/C81H138O16P2/c1-4-7-10-13-16-19-22-24-26-28-30-32-34-36-37-39-41-42-44-46-48-50-53-55-58-61-64-67-79(84)91-70-76(82)71-93-98(87,88)94-72-77(83)73-95-99(89,90)96-75-78(97-81(86)69-66-63-60-57-52-21-18-15-12-9-6-3)74-92-80(85)68-65-62-59-56-54-51-49-47-45-43-40-38-35-33-31-29-27-25-23-20-17-14-11-8-5-2/h7-8,10-11,16-17,19-20,24-27,30-33,36-38,40-42,76-78,82-83H,4-6,9,12-15,18,21-23,28-29,34-35,39,43-75H2,1-3H3,(H,87,88)(H,89,90)/b10-7-,11-8-,19-16-,20-17-,26-24-,27-25-,32-30-,33-31-,37-36-,40-38-,42-41-. The van der Waals surface area contributed by atoms with Crippen molar-refractivity contribution in [3.05, 3.63) is 134 Å². The van der Waals surface area contributed by atoms with Gasteiger partial charge in [0.15, 0.2) is 6.10 Å². The molecule has 0 bridgehead atoms. The molecule has 0 saturated heterocycles. The van der Waals surface area contributed by atoms with Crippen LogP contribution in [0.2, 0.25) is 0 Å². The molecule has 568 valence electrons. The lowest BCUT2D eigenvalue weighted by Gasteiger charge is -2.21. The summed E-state index contributed by atoms with van der Waals surface area (Å²) in [6.07, 6.45) is 87.9. The van der Waals surface area contributed by atoms with Crippen LogP contribution in [0.15, 0.2) is 134 Å². The minimum absolute atomic E-state index is 0.103. The fourth-order valence-corrected chi connectivity index (χ4v) is 11.7. The Morgan fingerprint density at radius 3 is 0.848 bits per heavy atom. The number of ether oxygens (including phenoxy) is 3. The highest BCUT2D eigenvalue weighted by atomic mass is 31.2. The van der Waals surface area contributed by atoms with Crippen LogP contribution in [0.5, 0.6) is 0 Å². The number of rotatable bonds is 72. The highest BCUT2D eigenvalue weighted by molar-refractivity contribution is 7.47. The molecule has 0 aliphatic carbocycles. The third kappa shape index (κ3) is 74.7. The number of aliphatic hydroxyl groups excluding tert-OH is 2. The molecule has 16 nitrogen and oxygen atoms in total. The minimum atomic E-state index is -4.93. The second kappa shape index (κ2) is 73.4. The molecule has 0 aliphatic heterocycles. The molecular formula is C81H138O16P2. The number of phosphoric acid groups is 2. The van der Waals surface area contributed by atoms with E-state index in [9.17, 15) is 43.5 Å². The molecule has 0 aromatic carbocycles. The molecule has 99 heavy (non-hydrogen) atoms. The molecule has 0 aliphatic rings. The third-order valence-corrected chi connectivity index (χ3v) is 17.8. The lowest BCUT2D eigenvalue weighted by Crippen LogP contribution is -2.30. The number of carbonyl (C=O) groups excluding carboxylic acids is 3. The predicted molar refractivity (Wildman–Crippen MR) is 408 cm³/mol. The minimum Gasteiger partial charge on any atom is -0.463 e.